The van der Waals surface area contributed by atoms with Crippen molar-refractivity contribution in [3.8, 4) is 0 Å². The first kappa shape index (κ1) is 17.7. The molecule has 0 saturated heterocycles. The predicted molar refractivity (Wildman–Crippen MR) is 97.3 cm³/mol. The van der Waals surface area contributed by atoms with Gasteiger partial charge in [-0.2, -0.15) is 0 Å². The molecule has 2 rings (SSSR count). The molecule has 0 bridgehead atoms. The Hall–Kier alpha value is -2.69. The summed E-state index contributed by atoms with van der Waals surface area (Å²) in [7, 11) is 0. The number of carbonyl (C=O) groups excluding carboxylic acids is 1. The highest BCUT2D eigenvalue weighted by Crippen LogP contribution is 2.21. The van der Waals surface area contributed by atoms with Crippen LogP contribution >= 0.6 is 0 Å². The van der Waals surface area contributed by atoms with Gasteiger partial charge in [0.2, 0.25) is 0 Å². The Balaban J connectivity index is 2.25. The first-order valence-corrected chi connectivity index (χ1v) is 8.05. The van der Waals surface area contributed by atoms with Gasteiger partial charge in [0.1, 0.15) is 0 Å². The second-order valence-corrected chi connectivity index (χ2v) is 6.34. The van der Waals surface area contributed by atoms with Crippen molar-refractivity contribution >= 4 is 17.3 Å². The number of pyridine rings is 1. The quantitative estimate of drug-likeness (QED) is 0.560. The van der Waals surface area contributed by atoms with Crippen LogP contribution in [-0.4, -0.2) is 16.6 Å². The number of amides is 1. The van der Waals surface area contributed by atoms with Crippen LogP contribution in [0.15, 0.2) is 42.6 Å². The van der Waals surface area contributed by atoms with Crippen LogP contribution in [0.5, 0.6) is 0 Å². The lowest BCUT2D eigenvalue weighted by atomic mass is 9.99. The summed E-state index contributed by atoms with van der Waals surface area (Å²) in [6.07, 6.45) is 2.53. The van der Waals surface area contributed by atoms with Gasteiger partial charge in [0, 0.05) is 28.7 Å². The third-order valence-corrected chi connectivity index (χ3v) is 3.78. The summed E-state index contributed by atoms with van der Waals surface area (Å²) in [4.78, 5) is 17.0. The zero-order valence-corrected chi connectivity index (χ0v) is 14.3. The van der Waals surface area contributed by atoms with Crippen LogP contribution in [0, 0.1) is 11.3 Å². The van der Waals surface area contributed by atoms with Crippen LogP contribution in [0.3, 0.4) is 0 Å². The van der Waals surface area contributed by atoms with Gasteiger partial charge in [-0.05, 0) is 49.6 Å². The number of rotatable bonds is 6. The van der Waals surface area contributed by atoms with Crippen LogP contribution in [0.2, 0.25) is 0 Å². The van der Waals surface area contributed by atoms with Gasteiger partial charge in [-0.3, -0.25) is 9.78 Å². The summed E-state index contributed by atoms with van der Waals surface area (Å²) in [5, 5.41) is 10.8. The molecule has 0 aliphatic rings. The number of benzene rings is 1. The van der Waals surface area contributed by atoms with Crippen LogP contribution in [0.4, 0.5) is 5.69 Å². The van der Waals surface area contributed by atoms with Crippen molar-refractivity contribution in [2.75, 3.05) is 5.73 Å². The number of hydrogen-bond donors (Lipinski definition) is 3. The third-order valence-electron chi connectivity index (χ3n) is 3.78. The Morgan fingerprint density at radius 1 is 1.29 bits per heavy atom. The molecule has 0 saturated carbocycles. The van der Waals surface area contributed by atoms with E-state index in [0.717, 1.165) is 12.1 Å². The van der Waals surface area contributed by atoms with Crippen LogP contribution in [-0.2, 0) is 0 Å². The van der Waals surface area contributed by atoms with Gasteiger partial charge < -0.3 is 16.5 Å². The second kappa shape index (κ2) is 7.73. The molecule has 4 N–H and O–H groups in total. The summed E-state index contributed by atoms with van der Waals surface area (Å²) in [6.45, 7) is 5.88. The smallest absolute Gasteiger partial charge is 0.251 e. The number of carbonyl (C=O) groups is 1. The van der Waals surface area contributed by atoms with Crippen molar-refractivity contribution in [3.63, 3.8) is 0 Å². The van der Waals surface area contributed by atoms with Gasteiger partial charge in [0.25, 0.3) is 5.91 Å². The van der Waals surface area contributed by atoms with Gasteiger partial charge in [-0.25, -0.2) is 0 Å². The summed E-state index contributed by atoms with van der Waals surface area (Å²) in [6, 6.07) is 10.6. The van der Waals surface area contributed by atoms with Gasteiger partial charge in [0.05, 0.1) is 11.7 Å². The van der Waals surface area contributed by atoms with E-state index in [1.54, 1.807) is 31.3 Å². The highest BCUT2D eigenvalue weighted by molar-refractivity contribution is 6.04. The Labute approximate surface area is 142 Å². The lowest BCUT2D eigenvalue weighted by Gasteiger charge is -2.20. The zero-order valence-electron chi connectivity index (χ0n) is 14.3. The molecule has 0 spiro atoms. The van der Waals surface area contributed by atoms with Crippen molar-refractivity contribution in [2.45, 2.75) is 33.2 Å². The summed E-state index contributed by atoms with van der Waals surface area (Å²) >= 11 is 0. The topological polar surface area (TPSA) is 91.9 Å². The van der Waals surface area contributed by atoms with E-state index < -0.39 is 0 Å². The monoisotopic (exact) mass is 324 g/mol. The van der Waals surface area contributed by atoms with E-state index in [4.69, 9.17) is 11.1 Å². The lowest BCUT2D eigenvalue weighted by molar-refractivity contribution is 0.0931. The number of aromatic nitrogens is 1. The molecule has 1 unspecified atom stereocenters. The molecule has 0 aliphatic heterocycles. The van der Waals surface area contributed by atoms with Gasteiger partial charge >= 0.3 is 0 Å². The maximum atomic E-state index is 12.6. The average molecular weight is 324 g/mol. The SMILES string of the molecule is CC(=N)c1cc(C(=O)NC(CC(C)C)c2ccccn2)ccc1N. The number of nitrogens with one attached hydrogen (secondary N) is 2. The molecule has 1 aromatic heterocycles. The predicted octanol–water partition coefficient (Wildman–Crippen LogP) is 3.57. The van der Waals surface area contributed by atoms with Crippen LogP contribution in [0.1, 0.15) is 54.8 Å². The second-order valence-electron chi connectivity index (χ2n) is 6.34. The fourth-order valence-corrected chi connectivity index (χ4v) is 2.57. The van der Waals surface area contributed by atoms with Crippen molar-refractivity contribution < 1.29 is 4.79 Å². The normalized spacial score (nSPS) is 12.0. The van der Waals surface area contributed by atoms with Crippen LogP contribution < -0.4 is 11.1 Å². The molecule has 2 aromatic rings. The molecular formula is C19H24N4O. The number of nitrogen functional groups attached to an aromatic ring is 1. The molecule has 5 nitrogen and oxygen atoms in total. The Morgan fingerprint density at radius 2 is 2.04 bits per heavy atom. The molecule has 0 fully saturated rings. The first-order chi connectivity index (χ1) is 11.4. The van der Waals surface area contributed by atoms with Crippen LogP contribution in [0.25, 0.3) is 0 Å². The summed E-state index contributed by atoms with van der Waals surface area (Å²) in [5.74, 6) is 0.233. The van der Waals surface area contributed by atoms with Gasteiger partial charge in [-0.15, -0.1) is 0 Å². The van der Waals surface area contributed by atoms with Gasteiger partial charge in [-0.1, -0.05) is 19.9 Å². The molecule has 126 valence electrons. The zero-order chi connectivity index (χ0) is 17.7. The minimum atomic E-state index is -0.186. The summed E-state index contributed by atoms with van der Waals surface area (Å²) < 4.78 is 0. The van der Waals surface area contributed by atoms with Crippen molar-refractivity contribution in [3.05, 3.63) is 59.4 Å². The Bertz CT molecular complexity index is 725. The largest absolute Gasteiger partial charge is 0.398 e. The molecule has 0 aliphatic carbocycles. The minimum absolute atomic E-state index is 0.152. The van der Waals surface area contributed by atoms with E-state index in [9.17, 15) is 4.79 Å². The van der Waals surface area contributed by atoms with E-state index in [0.29, 0.717) is 28.4 Å². The molecule has 0 radical (unpaired) electrons. The molecule has 5 heteroatoms. The van der Waals surface area contributed by atoms with Crippen molar-refractivity contribution in [1.82, 2.24) is 10.3 Å². The maximum absolute atomic E-state index is 12.6. The highest BCUT2D eigenvalue weighted by Gasteiger charge is 2.19. The maximum Gasteiger partial charge on any atom is 0.251 e. The number of nitrogens with two attached hydrogens (primary N) is 1. The first-order valence-electron chi connectivity index (χ1n) is 8.05. The highest BCUT2D eigenvalue weighted by atomic mass is 16.1. The van der Waals surface area contributed by atoms with Gasteiger partial charge in [0.15, 0.2) is 0 Å². The number of nitrogens with zero attached hydrogens (tertiary/aromatic N) is 1. The molecular weight excluding hydrogens is 300 g/mol. The van der Waals surface area contributed by atoms with E-state index >= 15 is 0 Å². The van der Waals surface area contributed by atoms with E-state index in [2.05, 4.69) is 24.1 Å². The average Bonchev–Trinajstić information content (AvgIpc) is 2.54. The lowest BCUT2D eigenvalue weighted by Crippen LogP contribution is -2.30. The third kappa shape index (κ3) is 4.41. The van der Waals surface area contributed by atoms with E-state index in [1.165, 1.54) is 0 Å². The number of anilines is 1. The molecule has 1 amide bonds. The fourth-order valence-electron chi connectivity index (χ4n) is 2.57. The van der Waals surface area contributed by atoms with E-state index in [-0.39, 0.29) is 11.9 Å². The van der Waals surface area contributed by atoms with Crippen molar-refractivity contribution in [1.29, 1.82) is 5.41 Å². The standard InChI is InChI=1S/C19H24N4O/c1-12(2)10-18(17-6-4-5-9-22-17)23-19(24)14-7-8-16(21)15(11-14)13(3)20/h4-9,11-12,18,20H,10,21H2,1-3H3,(H,23,24). The Kier molecular flexibility index (Phi) is 5.68. The number of hydrogen-bond acceptors (Lipinski definition) is 4. The Morgan fingerprint density at radius 3 is 2.62 bits per heavy atom. The molecule has 1 aromatic carbocycles. The summed E-state index contributed by atoms with van der Waals surface area (Å²) in [5.41, 5.74) is 8.63. The minimum Gasteiger partial charge on any atom is -0.398 e. The fraction of sp³-hybridized carbons (Fsp3) is 0.316. The molecule has 1 heterocycles. The molecule has 1 atom stereocenters. The van der Waals surface area contributed by atoms with E-state index in [1.807, 2.05) is 18.2 Å². The molecule has 24 heavy (non-hydrogen) atoms. The van der Waals surface area contributed by atoms with Crippen molar-refractivity contribution in [2.24, 2.45) is 5.92 Å².